The van der Waals surface area contributed by atoms with Crippen molar-refractivity contribution < 1.29 is 9.15 Å². The number of rotatable bonds is 4. The molecule has 23 heavy (non-hydrogen) atoms. The average molecular weight is 304 g/mol. The highest BCUT2D eigenvalue weighted by atomic mass is 16.5. The molecule has 2 heterocycles. The van der Waals surface area contributed by atoms with Gasteiger partial charge in [-0.05, 0) is 23.8 Å². The highest BCUT2D eigenvalue weighted by Crippen LogP contribution is 2.29. The van der Waals surface area contributed by atoms with Crippen LogP contribution in [0, 0.1) is 0 Å². The van der Waals surface area contributed by atoms with E-state index in [0.29, 0.717) is 0 Å². The van der Waals surface area contributed by atoms with E-state index in [0.717, 1.165) is 34.6 Å². The van der Waals surface area contributed by atoms with Crippen molar-refractivity contribution in [2.24, 2.45) is 0 Å². The molecule has 0 aliphatic heterocycles. The minimum Gasteiger partial charge on any atom is -0.497 e. The predicted molar refractivity (Wildman–Crippen MR) is 89.5 cm³/mol. The Bertz CT molecular complexity index is 938. The summed E-state index contributed by atoms with van der Waals surface area (Å²) in [6.45, 7) is 0.745. The number of hydrogen-bond acceptors (Lipinski definition) is 3. The third kappa shape index (κ3) is 2.71. The van der Waals surface area contributed by atoms with Crippen molar-refractivity contribution >= 4 is 11.0 Å². The van der Waals surface area contributed by atoms with Crippen LogP contribution in [0.25, 0.3) is 22.3 Å². The van der Waals surface area contributed by atoms with Crippen LogP contribution in [0.15, 0.2) is 71.4 Å². The Morgan fingerprint density at radius 2 is 1.96 bits per heavy atom. The molecule has 0 radical (unpaired) electrons. The molecule has 0 aliphatic rings. The van der Waals surface area contributed by atoms with E-state index in [1.54, 1.807) is 7.11 Å². The van der Waals surface area contributed by atoms with Crippen LogP contribution in [-0.2, 0) is 6.54 Å². The predicted octanol–water partition coefficient (Wildman–Crippen LogP) is 4.35. The first kappa shape index (κ1) is 13.6. The van der Waals surface area contributed by atoms with E-state index in [9.17, 15) is 0 Å². The average Bonchev–Trinajstić information content (AvgIpc) is 3.21. The van der Waals surface area contributed by atoms with Crippen LogP contribution < -0.4 is 4.74 Å². The number of benzene rings is 2. The maximum Gasteiger partial charge on any atom is 0.138 e. The van der Waals surface area contributed by atoms with Crippen LogP contribution in [0.2, 0.25) is 0 Å². The number of methoxy groups -OCH3 is 1. The molecule has 0 saturated heterocycles. The molecule has 4 rings (SSSR count). The van der Waals surface area contributed by atoms with Crippen LogP contribution >= 0.6 is 0 Å². The molecule has 2 aromatic heterocycles. The molecule has 4 nitrogen and oxygen atoms in total. The Kier molecular flexibility index (Phi) is 3.35. The summed E-state index contributed by atoms with van der Waals surface area (Å²) in [5.74, 6) is 1.60. The molecular formula is C19H16N2O2. The van der Waals surface area contributed by atoms with E-state index >= 15 is 0 Å². The van der Waals surface area contributed by atoms with Gasteiger partial charge in [-0.1, -0.05) is 30.3 Å². The molecule has 0 amide bonds. The lowest BCUT2D eigenvalue weighted by atomic mass is 10.2. The lowest BCUT2D eigenvalue weighted by molar-refractivity contribution is 0.414. The van der Waals surface area contributed by atoms with Gasteiger partial charge in [-0.3, -0.25) is 4.68 Å². The SMILES string of the molecule is COc1ccc2cc(-c3cnn(Cc4ccccc4)c3)oc2c1. The van der Waals surface area contributed by atoms with Gasteiger partial charge in [0.2, 0.25) is 0 Å². The standard InChI is InChI=1S/C19H16N2O2/c1-22-17-8-7-15-9-18(23-19(15)10-17)16-11-20-21(13-16)12-14-5-3-2-4-6-14/h2-11,13H,12H2,1H3. The number of aromatic nitrogens is 2. The first-order chi connectivity index (χ1) is 11.3. The number of hydrogen-bond donors (Lipinski definition) is 0. The smallest absolute Gasteiger partial charge is 0.138 e. The molecule has 2 aromatic carbocycles. The molecule has 114 valence electrons. The minimum atomic E-state index is 0.745. The molecule has 0 atom stereocenters. The number of furan rings is 1. The second-order valence-corrected chi connectivity index (χ2v) is 5.43. The zero-order valence-corrected chi connectivity index (χ0v) is 12.8. The van der Waals surface area contributed by atoms with Gasteiger partial charge in [0.05, 0.1) is 25.4 Å². The Hall–Kier alpha value is -3.01. The topological polar surface area (TPSA) is 40.2 Å². The van der Waals surface area contributed by atoms with E-state index in [1.165, 1.54) is 5.56 Å². The molecule has 4 heteroatoms. The molecule has 0 aliphatic carbocycles. The largest absolute Gasteiger partial charge is 0.497 e. The van der Waals surface area contributed by atoms with Gasteiger partial charge in [-0.2, -0.15) is 5.10 Å². The number of nitrogens with zero attached hydrogens (tertiary/aromatic N) is 2. The van der Waals surface area contributed by atoms with E-state index < -0.39 is 0 Å². The Labute approximate surface area is 133 Å². The Balaban J connectivity index is 1.63. The highest BCUT2D eigenvalue weighted by molar-refractivity contribution is 5.83. The van der Waals surface area contributed by atoms with Crippen LogP contribution in [0.3, 0.4) is 0 Å². The van der Waals surface area contributed by atoms with Crippen LogP contribution in [0.5, 0.6) is 5.75 Å². The first-order valence-electron chi connectivity index (χ1n) is 7.46. The van der Waals surface area contributed by atoms with Crippen molar-refractivity contribution in [2.45, 2.75) is 6.54 Å². The summed E-state index contributed by atoms with van der Waals surface area (Å²) >= 11 is 0. The summed E-state index contributed by atoms with van der Waals surface area (Å²) in [5, 5.41) is 5.48. The van der Waals surface area contributed by atoms with Crippen LogP contribution in [-0.4, -0.2) is 16.9 Å². The van der Waals surface area contributed by atoms with Gasteiger partial charge in [0.1, 0.15) is 17.1 Å². The van der Waals surface area contributed by atoms with Crippen molar-refractivity contribution in [3.63, 3.8) is 0 Å². The van der Waals surface area contributed by atoms with E-state index in [4.69, 9.17) is 9.15 Å². The molecule has 4 aromatic rings. The molecule has 0 saturated carbocycles. The van der Waals surface area contributed by atoms with E-state index in [1.807, 2.05) is 59.5 Å². The Morgan fingerprint density at radius 1 is 1.09 bits per heavy atom. The number of fused-ring (bicyclic) bond motifs is 1. The minimum absolute atomic E-state index is 0.745. The van der Waals surface area contributed by atoms with Crippen molar-refractivity contribution in [3.8, 4) is 17.1 Å². The fourth-order valence-electron chi connectivity index (χ4n) is 2.63. The lowest BCUT2D eigenvalue weighted by Gasteiger charge is -2.00. The molecule has 0 fully saturated rings. The Morgan fingerprint density at radius 3 is 2.78 bits per heavy atom. The summed E-state index contributed by atoms with van der Waals surface area (Å²) in [6.07, 6.45) is 3.83. The normalized spacial score (nSPS) is 11.0. The zero-order chi connectivity index (χ0) is 15.6. The molecular weight excluding hydrogens is 288 g/mol. The summed E-state index contributed by atoms with van der Waals surface area (Å²) < 4.78 is 13.1. The molecule has 0 N–H and O–H groups in total. The zero-order valence-electron chi connectivity index (χ0n) is 12.8. The van der Waals surface area contributed by atoms with Gasteiger partial charge < -0.3 is 9.15 Å². The maximum absolute atomic E-state index is 5.93. The summed E-state index contributed by atoms with van der Waals surface area (Å²) in [5.41, 5.74) is 3.00. The quantitative estimate of drug-likeness (QED) is 0.562. The van der Waals surface area contributed by atoms with E-state index in [2.05, 4.69) is 17.2 Å². The van der Waals surface area contributed by atoms with E-state index in [-0.39, 0.29) is 0 Å². The third-order valence-corrected chi connectivity index (χ3v) is 3.83. The molecule has 0 unspecified atom stereocenters. The second kappa shape index (κ2) is 5.65. The monoisotopic (exact) mass is 304 g/mol. The van der Waals surface area contributed by atoms with Gasteiger partial charge >= 0.3 is 0 Å². The van der Waals surface area contributed by atoms with Gasteiger partial charge in [-0.25, -0.2) is 0 Å². The maximum atomic E-state index is 5.93. The van der Waals surface area contributed by atoms with Crippen LogP contribution in [0.1, 0.15) is 5.56 Å². The van der Waals surface area contributed by atoms with Crippen molar-refractivity contribution in [1.82, 2.24) is 9.78 Å². The van der Waals surface area contributed by atoms with Gasteiger partial charge in [0, 0.05) is 17.6 Å². The van der Waals surface area contributed by atoms with Crippen molar-refractivity contribution in [1.29, 1.82) is 0 Å². The van der Waals surface area contributed by atoms with Crippen molar-refractivity contribution in [2.75, 3.05) is 7.11 Å². The highest BCUT2D eigenvalue weighted by Gasteiger charge is 2.09. The third-order valence-electron chi connectivity index (χ3n) is 3.83. The van der Waals surface area contributed by atoms with Gasteiger partial charge in [0.15, 0.2) is 0 Å². The summed E-state index contributed by atoms with van der Waals surface area (Å²) in [7, 11) is 1.65. The molecule has 0 spiro atoms. The summed E-state index contributed by atoms with van der Waals surface area (Å²) in [4.78, 5) is 0. The van der Waals surface area contributed by atoms with Crippen LogP contribution in [0.4, 0.5) is 0 Å². The van der Waals surface area contributed by atoms with Crippen molar-refractivity contribution in [3.05, 3.63) is 72.6 Å². The fourth-order valence-corrected chi connectivity index (χ4v) is 2.63. The number of ether oxygens (including phenoxy) is 1. The first-order valence-corrected chi connectivity index (χ1v) is 7.46. The lowest BCUT2D eigenvalue weighted by Crippen LogP contribution is -1.98. The van der Waals surface area contributed by atoms with Gasteiger partial charge in [-0.15, -0.1) is 0 Å². The van der Waals surface area contributed by atoms with Gasteiger partial charge in [0.25, 0.3) is 0 Å². The molecule has 0 bridgehead atoms. The summed E-state index contributed by atoms with van der Waals surface area (Å²) in [6, 6.07) is 18.1. The fraction of sp³-hybridized carbons (Fsp3) is 0.105. The second-order valence-electron chi connectivity index (χ2n) is 5.43.